The Morgan fingerprint density at radius 2 is 1.80 bits per heavy atom. The first-order valence-electron chi connectivity index (χ1n) is 5.29. The zero-order chi connectivity index (χ0) is 15.5. The number of nitrogens with zero attached hydrogens (tertiary/aromatic N) is 1. The molecule has 0 unspecified atom stereocenters. The van der Waals surface area contributed by atoms with Gasteiger partial charge in [0.2, 0.25) is 10.0 Å². The van der Waals surface area contributed by atoms with Crippen LogP contribution in [0.5, 0.6) is 0 Å². The topological polar surface area (TPSA) is 116 Å². The molecule has 0 bridgehead atoms. The van der Waals surface area contributed by atoms with Crippen LogP contribution in [0.4, 0.5) is 10.5 Å². The summed E-state index contributed by atoms with van der Waals surface area (Å²) in [5, 5.41) is 5.02. The summed E-state index contributed by atoms with van der Waals surface area (Å²) in [4.78, 5) is 23.7. The number of rotatable bonds is 3. The van der Waals surface area contributed by atoms with Crippen LogP contribution in [0, 0.1) is 0 Å². The van der Waals surface area contributed by atoms with E-state index in [9.17, 15) is 18.0 Å². The van der Waals surface area contributed by atoms with Crippen molar-refractivity contribution < 1.29 is 27.5 Å². The Bertz CT molecular complexity index is 640. The molecule has 8 nitrogen and oxygen atoms in total. The molecule has 0 heterocycles. The van der Waals surface area contributed by atoms with E-state index >= 15 is 0 Å². The van der Waals surface area contributed by atoms with Crippen LogP contribution in [0.3, 0.4) is 0 Å². The molecule has 0 aliphatic carbocycles. The largest absolute Gasteiger partial charge is 0.465 e. The van der Waals surface area contributed by atoms with Gasteiger partial charge >= 0.3 is 12.1 Å². The minimum atomic E-state index is -4.09. The van der Waals surface area contributed by atoms with Gasteiger partial charge in [0.25, 0.3) is 0 Å². The van der Waals surface area contributed by atoms with Gasteiger partial charge in [0.1, 0.15) is 0 Å². The fraction of sp³-hybridized carbons (Fsp3) is 0.273. The van der Waals surface area contributed by atoms with Crippen molar-refractivity contribution in [1.82, 2.24) is 0 Å². The predicted molar refractivity (Wildman–Crippen MR) is 70.0 cm³/mol. The Labute approximate surface area is 116 Å². The van der Waals surface area contributed by atoms with Crippen molar-refractivity contribution in [3.63, 3.8) is 0 Å². The van der Waals surface area contributed by atoms with Crippen molar-refractivity contribution in [3.8, 4) is 0 Å². The van der Waals surface area contributed by atoms with Gasteiger partial charge < -0.3 is 9.47 Å². The maximum absolute atomic E-state index is 11.6. The molecular weight excluding hydrogens is 288 g/mol. The Morgan fingerprint density at radius 1 is 1.20 bits per heavy atom. The van der Waals surface area contributed by atoms with Crippen LogP contribution in [-0.2, 0) is 19.5 Å². The summed E-state index contributed by atoms with van der Waals surface area (Å²) in [5.41, 5.74) is -0.00657. The number of anilines is 1. The van der Waals surface area contributed by atoms with E-state index < -0.39 is 22.1 Å². The summed E-state index contributed by atoms with van der Waals surface area (Å²) in [7, 11) is -0.394. The van der Waals surface area contributed by atoms with Gasteiger partial charge in [-0.3, -0.25) is 4.90 Å². The first kappa shape index (κ1) is 15.9. The molecule has 0 fully saturated rings. The SMILES string of the molecule is COC(=O)c1cc(N(C)C(=O)OC)ccc1S(N)(=O)=O. The normalized spacial score (nSPS) is 10.8. The smallest absolute Gasteiger partial charge is 0.413 e. The Kier molecular flexibility index (Phi) is 4.69. The molecule has 0 saturated carbocycles. The first-order chi connectivity index (χ1) is 9.22. The molecule has 9 heteroatoms. The molecule has 20 heavy (non-hydrogen) atoms. The number of benzene rings is 1. The number of primary sulfonamides is 1. The van der Waals surface area contributed by atoms with Gasteiger partial charge in [0.05, 0.1) is 24.7 Å². The molecule has 110 valence electrons. The summed E-state index contributed by atoms with van der Waals surface area (Å²) in [6.07, 6.45) is -0.677. The van der Waals surface area contributed by atoms with Gasteiger partial charge in [0.15, 0.2) is 0 Å². The van der Waals surface area contributed by atoms with E-state index in [0.29, 0.717) is 0 Å². The maximum Gasteiger partial charge on any atom is 0.413 e. The van der Waals surface area contributed by atoms with Crippen LogP contribution in [0.15, 0.2) is 23.1 Å². The van der Waals surface area contributed by atoms with E-state index in [0.717, 1.165) is 18.1 Å². The molecule has 1 aromatic rings. The van der Waals surface area contributed by atoms with Crippen LogP contribution in [-0.4, -0.2) is 41.7 Å². The van der Waals surface area contributed by atoms with E-state index in [1.807, 2.05) is 0 Å². The average molecular weight is 302 g/mol. The highest BCUT2D eigenvalue weighted by Crippen LogP contribution is 2.23. The monoisotopic (exact) mass is 302 g/mol. The lowest BCUT2D eigenvalue weighted by atomic mass is 10.2. The molecule has 0 aliphatic rings. The second-order valence-electron chi connectivity index (χ2n) is 3.75. The molecule has 1 amide bonds. The molecule has 0 aromatic heterocycles. The van der Waals surface area contributed by atoms with Crippen LogP contribution >= 0.6 is 0 Å². The van der Waals surface area contributed by atoms with Crippen LogP contribution in [0.25, 0.3) is 0 Å². The van der Waals surface area contributed by atoms with Crippen molar-refractivity contribution in [2.45, 2.75) is 4.90 Å². The molecule has 0 aliphatic heterocycles. The third kappa shape index (κ3) is 3.25. The molecule has 1 aromatic carbocycles. The van der Waals surface area contributed by atoms with Gasteiger partial charge in [-0.05, 0) is 18.2 Å². The molecular formula is C11H14N2O6S. The summed E-state index contributed by atoms with van der Waals surface area (Å²) in [5.74, 6) is -0.880. The van der Waals surface area contributed by atoms with Crippen LogP contribution in [0.2, 0.25) is 0 Å². The third-order valence-electron chi connectivity index (χ3n) is 2.51. The van der Waals surface area contributed by atoms with Crippen LogP contribution in [0.1, 0.15) is 10.4 Å². The van der Waals surface area contributed by atoms with Crippen molar-refractivity contribution in [2.75, 3.05) is 26.2 Å². The van der Waals surface area contributed by atoms with Gasteiger partial charge in [-0.25, -0.2) is 23.1 Å². The van der Waals surface area contributed by atoms with Crippen molar-refractivity contribution in [3.05, 3.63) is 23.8 Å². The van der Waals surface area contributed by atoms with Gasteiger partial charge in [0, 0.05) is 12.7 Å². The highest BCUT2D eigenvalue weighted by molar-refractivity contribution is 7.89. The highest BCUT2D eigenvalue weighted by atomic mass is 32.2. The number of nitrogens with two attached hydrogens (primary N) is 1. The number of amides is 1. The standard InChI is InChI=1S/C11H14N2O6S/c1-13(11(15)19-3)7-4-5-9(20(12,16)17)8(6-7)10(14)18-2/h4-6H,1-3H3,(H2,12,16,17). The van der Waals surface area contributed by atoms with Crippen LogP contribution < -0.4 is 10.0 Å². The van der Waals surface area contributed by atoms with Crippen molar-refractivity contribution >= 4 is 27.8 Å². The molecule has 0 spiro atoms. The van der Waals surface area contributed by atoms with E-state index in [1.54, 1.807) is 0 Å². The van der Waals surface area contributed by atoms with Crippen molar-refractivity contribution in [2.24, 2.45) is 5.14 Å². The maximum atomic E-state index is 11.6. The zero-order valence-corrected chi connectivity index (χ0v) is 11.9. The number of esters is 1. The van der Waals surface area contributed by atoms with Gasteiger partial charge in [-0.2, -0.15) is 0 Å². The fourth-order valence-electron chi connectivity index (χ4n) is 1.49. The quantitative estimate of drug-likeness (QED) is 0.804. The van der Waals surface area contributed by atoms with Gasteiger partial charge in [-0.15, -0.1) is 0 Å². The Morgan fingerprint density at radius 3 is 2.25 bits per heavy atom. The minimum absolute atomic E-state index is 0.254. The third-order valence-corrected chi connectivity index (χ3v) is 3.48. The van der Waals surface area contributed by atoms with E-state index in [2.05, 4.69) is 9.47 Å². The minimum Gasteiger partial charge on any atom is -0.465 e. The number of sulfonamides is 1. The number of ether oxygens (including phenoxy) is 2. The molecule has 1 rings (SSSR count). The fourth-order valence-corrected chi connectivity index (χ4v) is 2.19. The van der Waals surface area contributed by atoms with Gasteiger partial charge in [-0.1, -0.05) is 0 Å². The number of methoxy groups -OCH3 is 2. The molecule has 0 radical (unpaired) electrons. The number of carbonyl (C=O) groups excluding carboxylic acids is 2. The summed E-state index contributed by atoms with van der Waals surface area (Å²) in [6, 6.07) is 3.63. The lowest BCUT2D eigenvalue weighted by Gasteiger charge is -2.17. The van der Waals surface area contributed by atoms with E-state index in [4.69, 9.17) is 5.14 Å². The Hall–Kier alpha value is -2.13. The summed E-state index contributed by atoms with van der Waals surface area (Å²) in [6.45, 7) is 0. The number of hydrogen-bond donors (Lipinski definition) is 1. The molecule has 0 atom stereocenters. The lowest BCUT2D eigenvalue weighted by Crippen LogP contribution is -2.26. The molecule has 2 N–H and O–H groups in total. The molecule has 0 saturated heterocycles. The summed E-state index contributed by atoms with van der Waals surface area (Å²) >= 11 is 0. The number of carbonyl (C=O) groups is 2. The lowest BCUT2D eigenvalue weighted by molar-refractivity contribution is 0.0596. The van der Waals surface area contributed by atoms with Crippen molar-refractivity contribution in [1.29, 1.82) is 0 Å². The first-order valence-corrected chi connectivity index (χ1v) is 6.83. The van der Waals surface area contributed by atoms with E-state index in [1.165, 1.54) is 26.3 Å². The number of hydrogen-bond acceptors (Lipinski definition) is 6. The summed E-state index contributed by atoms with van der Waals surface area (Å²) < 4.78 is 31.8. The highest BCUT2D eigenvalue weighted by Gasteiger charge is 2.22. The predicted octanol–water partition coefficient (Wildman–Crippen LogP) is 0.323. The Balaban J connectivity index is 3.43. The zero-order valence-electron chi connectivity index (χ0n) is 11.1. The second-order valence-corrected chi connectivity index (χ2v) is 5.28. The van der Waals surface area contributed by atoms with E-state index in [-0.39, 0.29) is 16.1 Å². The average Bonchev–Trinajstić information content (AvgIpc) is 2.43. The second kappa shape index (κ2) is 5.88.